The highest BCUT2D eigenvalue weighted by Crippen LogP contribution is 2.23. The molecule has 3 heteroatoms. The van der Waals surface area contributed by atoms with Gasteiger partial charge in [-0.15, -0.1) is 0 Å². The summed E-state index contributed by atoms with van der Waals surface area (Å²) in [4.78, 5) is 0. The van der Waals surface area contributed by atoms with Crippen molar-refractivity contribution in [1.82, 2.24) is 5.32 Å². The minimum atomic E-state index is 0.786. The molecule has 1 aliphatic heterocycles. The molecular formula is C16H19NS2. The molecule has 1 heterocycles. The zero-order valence-electron chi connectivity index (χ0n) is 11.0. The van der Waals surface area contributed by atoms with Crippen LogP contribution in [-0.4, -0.2) is 29.1 Å². The van der Waals surface area contributed by atoms with Crippen molar-refractivity contribution in [2.24, 2.45) is 0 Å². The first-order valence-electron chi connectivity index (χ1n) is 6.80. The van der Waals surface area contributed by atoms with Crippen molar-refractivity contribution >= 4 is 34.3 Å². The molecule has 0 amide bonds. The number of rotatable bonds is 4. The molecule has 1 nitrogen and oxygen atoms in total. The Balaban J connectivity index is 1.62. The van der Waals surface area contributed by atoms with Crippen molar-refractivity contribution in [1.29, 1.82) is 0 Å². The van der Waals surface area contributed by atoms with Crippen LogP contribution in [0.3, 0.4) is 0 Å². The van der Waals surface area contributed by atoms with Crippen LogP contribution in [0.25, 0.3) is 10.8 Å². The molecule has 2 aromatic rings. The van der Waals surface area contributed by atoms with Gasteiger partial charge in [0.05, 0.1) is 0 Å². The maximum Gasteiger partial charge on any atom is 0.0263 e. The summed E-state index contributed by atoms with van der Waals surface area (Å²) in [6, 6.07) is 15.2. The van der Waals surface area contributed by atoms with Gasteiger partial charge in [0, 0.05) is 35.6 Å². The van der Waals surface area contributed by atoms with Gasteiger partial charge in [-0.25, -0.2) is 0 Å². The lowest BCUT2D eigenvalue weighted by Gasteiger charge is -2.21. The number of nitrogens with one attached hydrogen (secondary N) is 1. The number of hydrogen-bond donors (Lipinski definition) is 1. The average Bonchev–Trinajstić information content (AvgIpc) is 2.49. The molecule has 1 aliphatic rings. The highest BCUT2D eigenvalue weighted by atomic mass is 32.2. The molecule has 3 rings (SSSR count). The Kier molecular flexibility index (Phi) is 4.70. The molecule has 0 bridgehead atoms. The SMILES string of the molecule is c1ccc2c(CNCC3CSCCS3)cccc2c1. The lowest BCUT2D eigenvalue weighted by atomic mass is 10.0. The summed E-state index contributed by atoms with van der Waals surface area (Å²) in [7, 11) is 0. The lowest BCUT2D eigenvalue weighted by molar-refractivity contribution is 0.689. The van der Waals surface area contributed by atoms with Crippen LogP contribution in [0.5, 0.6) is 0 Å². The van der Waals surface area contributed by atoms with Gasteiger partial charge in [-0.1, -0.05) is 42.5 Å². The van der Waals surface area contributed by atoms with Crippen LogP contribution in [0.4, 0.5) is 0 Å². The van der Waals surface area contributed by atoms with E-state index in [0.717, 1.165) is 18.3 Å². The largest absolute Gasteiger partial charge is 0.312 e. The number of thioether (sulfide) groups is 2. The van der Waals surface area contributed by atoms with Crippen LogP contribution < -0.4 is 5.32 Å². The van der Waals surface area contributed by atoms with Crippen LogP contribution in [0.2, 0.25) is 0 Å². The van der Waals surface area contributed by atoms with Crippen LogP contribution in [0, 0.1) is 0 Å². The summed E-state index contributed by atoms with van der Waals surface area (Å²) in [5.41, 5.74) is 1.41. The fraction of sp³-hybridized carbons (Fsp3) is 0.375. The molecule has 0 saturated carbocycles. The van der Waals surface area contributed by atoms with Gasteiger partial charge < -0.3 is 5.32 Å². The Morgan fingerprint density at radius 2 is 1.95 bits per heavy atom. The first-order valence-corrected chi connectivity index (χ1v) is 9.00. The highest BCUT2D eigenvalue weighted by molar-refractivity contribution is 8.06. The molecule has 1 fully saturated rings. The predicted octanol–water partition coefficient (Wildman–Crippen LogP) is 3.78. The van der Waals surface area contributed by atoms with Crippen molar-refractivity contribution < 1.29 is 0 Å². The Bertz CT molecular complexity index is 530. The zero-order valence-corrected chi connectivity index (χ0v) is 12.6. The molecule has 1 N–H and O–H groups in total. The molecule has 0 radical (unpaired) electrons. The topological polar surface area (TPSA) is 12.0 Å². The third-order valence-corrected chi connectivity index (χ3v) is 6.30. The van der Waals surface area contributed by atoms with E-state index in [0.29, 0.717) is 0 Å². The summed E-state index contributed by atoms with van der Waals surface area (Å²) in [5.74, 6) is 3.93. The Morgan fingerprint density at radius 1 is 1.05 bits per heavy atom. The van der Waals surface area contributed by atoms with Gasteiger partial charge in [0.25, 0.3) is 0 Å². The van der Waals surface area contributed by atoms with E-state index in [4.69, 9.17) is 0 Å². The smallest absolute Gasteiger partial charge is 0.0263 e. The summed E-state index contributed by atoms with van der Waals surface area (Å²) in [6.45, 7) is 2.10. The van der Waals surface area contributed by atoms with E-state index < -0.39 is 0 Å². The standard InChI is InChI=1S/C16H19NS2/c1-2-7-16-13(4-1)5-3-6-14(16)10-17-11-15-12-18-8-9-19-15/h1-7,15,17H,8-12H2. The predicted molar refractivity (Wildman–Crippen MR) is 89.2 cm³/mol. The molecule has 1 saturated heterocycles. The van der Waals surface area contributed by atoms with Crippen molar-refractivity contribution in [2.45, 2.75) is 11.8 Å². The zero-order chi connectivity index (χ0) is 12.9. The minimum Gasteiger partial charge on any atom is -0.312 e. The van der Waals surface area contributed by atoms with Gasteiger partial charge in [-0.2, -0.15) is 23.5 Å². The van der Waals surface area contributed by atoms with Gasteiger partial charge in [0.2, 0.25) is 0 Å². The second kappa shape index (κ2) is 6.69. The second-order valence-corrected chi connectivity index (χ2v) is 7.39. The summed E-state index contributed by atoms with van der Waals surface area (Å²) in [5, 5.41) is 7.13. The van der Waals surface area contributed by atoms with E-state index in [9.17, 15) is 0 Å². The van der Waals surface area contributed by atoms with E-state index in [1.165, 1.54) is 33.6 Å². The van der Waals surface area contributed by atoms with Crippen molar-refractivity contribution in [3.63, 3.8) is 0 Å². The third kappa shape index (κ3) is 3.47. The number of fused-ring (bicyclic) bond motifs is 1. The molecule has 100 valence electrons. The number of hydrogen-bond acceptors (Lipinski definition) is 3. The van der Waals surface area contributed by atoms with Crippen molar-refractivity contribution in [3.05, 3.63) is 48.0 Å². The molecular weight excluding hydrogens is 270 g/mol. The van der Waals surface area contributed by atoms with Crippen molar-refractivity contribution in [2.75, 3.05) is 23.8 Å². The Morgan fingerprint density at radius 3 is 2.84 bits per heavy atom. The summed E-state index contributed by atoms with van der Waals surface area (Å²) >= 11 is 4.21. The van der Waals surface area contributed by atoms with Crippen molar-refractivity contribution in [3.8, 4) is 0 Å². The first kappa shape index (κ1) is 13.3. The second-order valence-electron chi connectivity index (χ2n) is 4.84. The maximum absolute atomic E-state index is 3.63. The van der Waals surface area contributed by atoms with E-state index in [1.54, 1.807) is 0 Å². The first-order chi connectivity index (χ1) is 9.43. The van der Waals surface area contributed by atoms with Gasteiger partial charge in [-0.05, 0) is 16.3 Å². The lowest BCUT2D eigenvalue weighted by Crippen LogP contribution is -2.28. The van der Waals surface area contributed by atoms with E-state index >= 15 is 0 Å². The summed E-state index contributed by atoms with van der Waals surface area (Å²) < 4.78 is 0. The van der Waals surface area contributed by atoms with Gasteiger partial charge in [0.1, 0.15) is 0 Å². The molecule has 1 unspecified atom stereocenters. The van der Waals surface area contributed by atoms with E-state index in [-0.39, 0.29) is 0 Å². The van der Waals surface area contributed by atoms with Crippen LogP contribution in [-0.2, 0) is 6.54 Å². The Labute approximate surface area is 123 Å². The fourth-order valence-corrected chi connectivity index (χ4v) is 5.12. The van der Waals surface area contributed by atoms with Crippen LogP contribution >= 0.6 is 23.5 Å². The maximum atomic E-state index is 3.63. The normalized spacial score (nSPS) is 19.7. The third-order valence-electron chi connectivity index (χ3n) is 3.45. The monoisotopic (exact) mass is 289 g/mol. The fourth-order valence-electron chi connectivity index (χ4n) is 2.47. The molecule has 1 atom stereocenters. The van der Waals surface area contributed by atoms with Crippen LogP contribution in [0.15, 0.2) is 42.5 Å². The molecule has 0 aromatic heterocycles. The molecule has 19 heavy (non-hydrogen) atoms. The van der Waals surface area contributed by atoms with Gasteiger partial charge >= 0.3 is 0 Å². The quantitative estimate of drug-likeness (QED) is 0.920. The van der Waals surface area contributed by atoms with E-state index in [2.05, 4.69) is 71.3 Å². The highest BCUT2D eigenvalue weighted by Gasteiger charge is 2.13. The van der Waals surface area contributed by atoms with Gasteiger partial charge in [0.15, 0.2) is 0 Å². The molecule has 0 spiro atoms. The van der Waals surface area contributed by atoms with Crippen LogP contribution in [0.1, 0.15) is 5.56 Å². The molecule has 0 aliphatic carbocycles. The minimum absolute atomic E-state index is 0.786. The van der Waals surface area contributed by atoms with Gasteiger partial charge in [-0.3, -0.25) is 0 Å². The number of benzene rings is 2. The average molecular weight is 289 g/mol. The molecule has 2 aromatic carbocycles. The van der Waals surface area contributed by atoms with E-state index in [1.807, 2.05) is 0 Å². The Hall–Kier alpha value is -0.640. The summed E-state index contributed by atoms with van der Waals surface area (Å²) in [6.07, 6.45) is 0.